The Morgan fingerprint density at radius 3 is 2.07 bits per heavy atom. The Kier molecular flexibility index (Phi) is 5.58. The van der Waals surface area contributed by atoms with Crippen molar-refractivity contribution >= 4 is 33.0 Å². The Morgan fingerprint density at radius 1 is 1.04 bits per heavy atom. The van der Waals surface area contributed by atoms with Crippen LogP contribution in [0, 0.1) is 5.82 Å². The van der Waals surface area contributed by atoms with Crippen molar-refractivity contribution in [2.24, 2.45) is 0 Å². The van der Waals surface area contributed by atoms with E-state index >= 15 is 0 Å². The molecule has 0 aromatic heterocycles. The van der Waals surface area contributed by atoms with Crippen LogP contribution in [0.25, 0.3) is 0 Å². The van der Waals surface area contributed by atoms with Crippen LogP contribution in [0.2, 0.25) is 5.02 Å². The minimum atomic E-state index is -4.54. The summed E-state index contributed by atoms with van der Waals surface area (Å²) < 4.78 is 75.0. The predicted octanol–water partition coefficient (Wildman–Crippen LogP) is 4.69. The van der Waals surface area contributed by atoms with Crippen molar-refractivity contribution in [2.75, 3.05) is 5.32 Å². The molecule has 10 heteroatoms. The molecule has 0 fully saturated rings. The van der Waals surface area contributed by atoms with Gasteiger partial charge < -0.3 is 5.32 Å². The maximum Gasteiger partial charge on any atom is 0.416 e. The Bertz CT molecular complexity index is 971. The summed E-state index contributed by atoms with van der Waals surface area (Å²) in [6.45, 7) is 2.13. The first-order valence-electron chi connectivity index (χ1n) is 7.45. The number of alkyl halides is 3. The summed E-state index contributed by atoms with van der Waals surface area (Å²) in [5.74, 6) is -2.14. The van der Waals surface area contributed by atoms with Gasteiger partial charge in [-0.25, -0.2) is 12.8 Å². The van der Waals surface area contributed by atoms with Gasteiger partial charge in [0.15, 0.2) is 9.84 Å². The number of sulfone groups is 1. The number of halogens is 5. The maximum atomic E-state index is 14.0. The normalized spacial score (nSPS) is 12.7. The van der Waals surface area contributed by atoms with Crippen molar-refractivity contribution < 1.29 is 30.8 Å². The first kappa shape index (κ1) is 21.2. The molecule has 2 aromatic rings. The molecule has 0 radical (unpaired) electrons. The molecule has 0 spiro atoms. The van der Waals surface area contributed by atoms with E-state index in [2.05, 4.69) is 5.32 Å². The van der Waals surface area contributed by atoms with E-state index in [1.54, 1.807) is 0 Å². The van der Waals surface area contributed by atoms with Crippen LogP contribution in [0.5, 0.6) is 0 Å². The van der Waals surface area contributed by atoms with Gasteiger partial charge in [0, 0.05) is 10.7 Å². The summed E-state index contributed by atoms with van der Waals surface area (Å²) in [5, 5.41) is 2.22. The molecular weight excluding hydrogens is 410 g/mol. The third kappa shape index (κ3) is 4.24. The molecule has 0 aliphatic heterocycles. The van der Waals surface area contributed by atoms with Gasteiger partial charge in [0.2, 0.25) is 5.91 Å². The molecule has 2 rings (SSSR count). The second kappa shape index (κ2) is 7.12. The minimum Gasteiger partial charge on any atom is -0.325 e. The van der Waals surface area contributed by atoms with E-state index in [0.29, 0.717) is 0 Å². The summed E-state index contributed by atoms with van der Waals surface area (Å²) in [7, 11) is -4.46. The molecule has 4 nitrogen and oxygen atoms in total. The Labute approximate surface area is 158 Å². The van der Waals surface area contributed by atoms with E-state index in [9.17, 15) is 30.8 Å². The number of hydrogen-bond acceptors (Lipinski definition) is 3. The summed E-state index contributed by atoms with van der Waals surface area (Å²) in [4.78, 5) is 11.7. The topological polar surface area (TPSA) is 63.2 Å². The van der Waals surface area contributed by atoms with E-state index in [0.717, 1.165) is 50.2 Å². The zero-order valence-electron chi connectivity index (χ0n) is 14.1. The third-order valence-corrected chi connectivity index (χ3v) is 6.55. The minimum absolute atomic E-state index is 0.0153. The van der Waals surface area contributed by atoms with Crippen LogP contribution in [0.4, 0.5) is 23.2 Å². The highest BCUT2D eigenvalue weighted by Crippen LogP contribution is 2.32. The number of carbonyl (C=O) groups is 1. The number of rotatable bonds is 4. The second-order valence-electron chi connectivity index (χ2n) is 6.12. The lowest BCUT2D eigenvalue weighted by Gasteiger charge is -2.24. The fraction of sp³-hybridized carbons (Fsp3) is 0.235. The molecular formula is C17H14ClF4NO3S. The molecule has 0 heterocycles. The van der Waals surface area contributed by atoms with Crippen LogP contribution in [0.15, 0.2) is 47.4 Å². The third-order valence-electron chi connectivity index (χ3n) is 3.87. The van der Waals surface area contributed by atoms with Crippen LogP contribution in [0.3, 0.4) is 0 Å². The van der Waals surface area contributed by atoms with Gasteiger partial charge in [-0.3, -0.25) is 4.79 Å². The molecule has 146 valence electrons. The van der Waals surface area contributed by atoms with Crippen molar-refractivity contribution in [2.45, 2.75) is 29.7 Å². The molecule has 0 unspecified atom stereocenters. The summed E-state index contributed by atoms with van der Waals surface area (Å²) >= 11 is 5.60. The van der Waals surface area contributed by atoms with Gasteiger partial charge >= 0.3 is 6.18 Å². The fourth-order valence-corrected chi connectivity index (χ4v) is 3.68. The number of anilines is 1. The van der Waals surface area contributed by atoms with Crippen molar-refractivity contribution in [3.63, 3.8) is 0 Å². The van der Waals surface area contributed by atoms with Gasteiger partial charge in [0.1, 0.15) is 15.5 Å². The lowest BCUT2D eigenvalue weighted by atomic mass is 10.1. The SMILES string of the molecule is CC(C)(C(=O)Nc1ccc(C(F)(F)F)cc1)S(=O)(=O)c1ccc(Cl)cc1F. The average molecular weight is 424 g/mol. The fourth-order valence-electron chi connectivity index (χ4n) is 2.11. The molecule has 1 N–H and O–H groups in total. The first-order chi connectivity index (χ1) is 12.3. The predicted molar refractivity (Wildman–Crippen MR) is 92.7 cm³/mol. The van der Waals surface area contributed by atoms with Gasteiger partial charge in [-0.15, -0.1) is 0 Å². The van der Waals surface area contributed by atoms with E-state index in [1.807, 2.05) is 0 Å². The first-order valence-corrected chi connectivity index (χ1v) is 9.31. The molecule has 0 aliphatic rings. The molecule has 0 atom stereocenters. The number of amides is 1. The van der Waals surface area contributed by atoms with Crippen LogP contribution in [0.1, 0.15) is 19.4 Å². The summed E-state index contributed by atoms with van der Waals surface area (Å²) in [5.41, 5.74) is -0.955. The van der Waals surface area contributed by atoms with Crippen molar-refractivity contribution in [3.05, 3.63) is 58.9 Å². The van der Waals surface area contributed by atoms with Crippen molar-refractivity contribution in [1.29, 1.82) is 0 Å². The Morgan fingerprint density at radius 2 is 1.59 bits per heavy atom. The molecule has 1 amide bonds. The Balaban J connectivity index is 2.31. The highest BCUT2D eigenvalue weighted by Gasteiger charge is 2.44. The van der Waals surface area contributed by atoms with Gasteiger partial charge in [0.25, 0.3) is 0 Å². The monoisotopic (exact) mass is 423 g/mol. The standard InChI is InChI=1S/C17H14ClF4NO3S/c1-16(2,27(25,26)14-8-5-11(18)9-13(14)19)15(24)23-12-6-3-10(4-7-12)17(20,21)22/h3-9H,1-2H3,(H,23,24). The molecule has 0 bridgehead atoms. The molecule has 0 saturated carbocycles. The van der Waals surface area contributed by atoms with Crippen LogP contribution in [-0.4, -0.2) is 19.1 Å². The zero-order chi connectivity index (χ0) is 20.6. The Hall–Kier alpha value is -2.13. The number of carbonyl (C=O) groups excluding carboxylic acids is 1. The highest BCUT2D eigenvalue weighted by molar-refractivity contribution is 7.93. The number of nitrogens with one attached hydrogen (secondary N) is 1. The highest BCUT2D eigenvalue weighted by atomic mass is 35.5. The van der Waals surface area contributed by atoms with E-state index in [1.165, 1.54) is 6.07 Å². The van der Waals surface area contributed by atoms with Gasteiger partial charge in [-0.05, 0) is 56.3 Å². The molecule has 27 heavy (non-hydrogen) atoms. The molecule has 2 aromatic carbocycles. The van der Waals surface area contributed by atoms with Crippen molar-refractivity contribution in [3.8, 4) is 0 Å². The number of hydrogen-bond donors (Lipinski definition) is 1. The maximum absolute atomic E-state index is 14.0. The van der Waals surface area contributed by atoms with Gasteiger partial charge in [0.05, 0.1) is 5.56 Å². The second-order valence-corrected chi connectivity index (χ2v) is 9.02. The number of benzene rings is 2. The average Bonchev–Trinajstić information content (AvgIpc) is 2.53. The van der Waals surface area contributed by atoms with Crippen LogP contribution < -0.4 is 5.32 Å². The van der Waals surface area contributed by atoms with E-state index in [4.69, 9.17) is 11.6 Å². The lowest BCUT2D eigenvalue weighted by molar-refractivity contribution is -0.137. The summed E-state index contributed by atoms with van der Waals surface area (Å²) in [6, 6.07) is 6.39. The van der Waals surface area contributed by atoms with Crippen LogP contribution in [-0.2, 0) is 20.8 Å². The molecule has 0 saturated heterocycles. The van der Waals surface area contributed by atoms with Crippen molar-refractivity contribution in [1.82, 2.24) is 0 Å². The summed E-state index contributed by atoms with van der Waals surface area (Å²) in [6.07, 6.45) is -4.54. The largest absolute Gasteiger partial charge is 0.416 e. The smallest absolute Gasteiger partial charge is 0.325 e. The van der Waals surface area contributed by atoms with Crippen LogP contribution >= 0.6 is 11.6 Å². The quantitative estimate of drug-likeness (QED) is 0.726. The molecule has 0 aliphatic carbocycles. The van der Waals surface area contributed by atoms with E-state index in [-0.39, 0.29) is 10.7 Å². The zero-order valence-corrected chi connectivity index (χ0v) is 15.6. The van der Waals surface area contributed by atoms with E-state index < -0.39 is 42.9 Å². The lowest BCUT2D eigenvalue weighted by Crippen LogP contribution is -2.44. The van der Waals surface area contributed by atoms with Gasteiger partial charge in [-0.2, -0.15) is 13.2 Å². The van der Waals surface area contributed by atoms with Gasteiger partial charge in [-0.1, -0.05) is 11.6 Å².